The molecule has 0 aliphatic carbocycles. The second-order valence-electron chi connectivity index (χ2n) is 2.71. The van der Waals surface area contributed by atoms with E-state index in [1.165, 1.54) is 19.2 Å². The average Bonchev–Trinajstić information content (AvgIpc) is 2.04. The predicted molar refractivity (Wildman–Crippen MR) is 46.6 cm³/mol. The summed E-state index contributed by atoms with van der Waals surface area (Å²) < 4.78 is 30.4. The average molecular weight is 187 g/mol. The maximum absolute atomic E-state index is 13.1. The van der Waals surface area contributed by atoms with Crippen molar-refractivity contribution in [3.05, 3.63) is 29.8 Å². The Labute approximate surface area is 75.7 Å². The molecule has 72 valence electrons. The van der Waals surface area contributed by atoms with Crippen molar-refractivity contribution >= 4 is 5.69 Å². The van der Waals surface area contributed by atoms with E-state index in [0.717, 1.165) is 6.07 Å². The van der Waals surface area contributed by atoms with E-state index in [4.69, 9.17) is 4.74 Å². The lowest BCUT2D eigenvalue weighted by Crippen LogP contribution is -2.20. The Hall–Kier alpha value is -1.16. The van der Waals surface area contributed by atoms with Gasteiger partial charge in [0.25, 0.3) is 0 Å². The van der Waals surface area contributed by atoms with E-state index in [2.05, 4.69) is 0 Å². The minimum absolute atomic E-state index is 0.266. The zero-order valence-electron chi connectivity index (χ0n) is 7.55. The summed E-state index contributed by atoms with van der Waals surface area (Å²) in [7, 11) is 3.18. The quantitative estimate of drug-likeness (QED) is 0.671. The number of ether oxygens (including phenoxy) is 1. The number of hydrogen-bond acceptors (Lipinski definition) is 2. The van der Waals surface area contributed by atoms with Gasteiger partial charge in [-0.15, -0.1) is 0 Å². The summed E-state index contributed by atoms with van der Waals surface area (Å²) in [4.78, 5) is 1.55. The van der Waals surface area contributed by atoms with Gasteiger partial charge in [-0.25, -0.2) is 8.78 Å². The third-order valence-electron chi connectivity index (χ3n) is 1.64. The second kappa shape index (κ2) is 4.18. The van der Waals surface area contributed by atoms with Crippen molar-refractivity contribution in [3.8, 4) is 0 Å². The Balaban J connectivity index is 2.88. The number of halogens is 2. The molecule has 1 aromatic carbocycles. The van der Waals surface area contributed by atoms with Crippen LogP contribution < -0.4 is 4.90 Å². The molecule has 0 atom stereocenters. The third kappa shape index (κ3) is 2.39. The highest BCUT2D eigenvalue weighted by Crippen LogP contribution is 2.18. The predicted octanol–water partition coefficient (Wildman–Crippen LogP) is 2.00. The van der Waals surface area contributed by atoms with Crippen molar-refractivity contribution in [1.82, 2.24) is 0 Å². The maximum atomic E-state index is 13.1. The van der Waals surface area contributed by atoms with Crippen molar-refractivity contribution in [1.29, 1.82) is 0 Å². The summed E-state index contributed by atoms with van der Waals surface area (Å²) >= 11 is 0. The minimum atomic E-state index is -0.584. The molecule has 0 saturated heterocycles. The molecule has 1 aromatic rings. The van der Waals surface area contributed by atoms with Gasteiger partial charge in [0.15, 0.2) is 0 Å². The lowest BCUT2D eigenvalue weighted by molar-refractivity contribution is 0.201. The first-order chi connectivity index (χ1) is 6.15. The van der Waals surface area contributed by atoms with E-state index in [9.17, 15) is 8.78 Å². The molecular weight excluding hydrogens is 176 g/mol. The van der Waals surface area contributed by atoms with Gasteiger partial charge in [-0.1, -0.05) is 0 Å². The molecule has 0 spiro atoms. The summed E-state index contributed by atoms with van der Waals surface area (Å²) in [5, 5.41) is 0. The number of hydrogen-bond donors (Lipinski definition) is 0. The van der Waals surface area contributed by atoms with Gasteiger partial charge in [0.05, 0.1) is 5.69 Å². The molecule has 0 unspecified atom stereocenters. The van der Waals surface area contributed by atoms with Crippen LogP contribution in [0.3, 0.4) is 0 Å². The largest absolute Gasteiger partial charge is 0.364 e. The standard InChI is InChI=1S/C9H11F2NO/c1-12(6-13-2)9-4-3-7(10)5-8(9)11/h3-5H,6H2,1-2H3. The van der Waals surface area contributed by atoms with Crippen LogP contribution in [0.2, 0.25) is 0 Å². The smallest absolute Gasteiger partial charge is 0.149 e. The van der Waals surface area contributed by atoms with E-state index >= 15 is 0 Å². The Morgan fingerprint density at radius 3 is 2.62 bits per heavy atom. The molecule has 13 heavy (non-hydrogen) atoms. The fourth-order valence-electron chi connectivity index (χ4n) is 1.05. The molecule has 0 amide bonds. The van der Waals surface area contributed by atoms with E-state index in [-0.39, 0.29) is 6.73 Å². The molecule has 0 N–H and O–H groups in total. The zero-order chi connectivity index (χ0) is 9.84. The normalized spacial score (nSPS) is 10.2. The molecule has 0 aliphatic heterocycles. The van der Waals surface area contributed by atoms with Gasteiger partial charge in [0.1, 0.15) is 18.4 Å². The highest BCUT2D eigenvalue weighted by Gasteiger charge is 2.07. The van der Waals surface area contributed by atoms with Gasteiger partial charge in [0, 0.05) is 20.2 Å². The molecule has 0 heterocycles. The van der Waals surface area contributed by atoms with Crippen molar-refractivity contribution in [3.63, 3.8) is 0 Å². The first-order valence-corrected chi connectivity index (χ1v) is 3.80. The van der Waals surface area contributed by atoms with Crippen LogP contribution in [0.5, 0.6) is 0 Å². The maximum Gasteiger partial charge on any atom is 0.149 e. The van der Waals surface area contributed by atoms with Crippen LogP contribution in [-0.4, -0.2) is 20.9 Å². The van der Waals surface area contributed by atoms with Gasteiger partial charge in [-0.2, -0.15) is 0 Å². The molecule has 1 rings (SSSR count). The lowest BCUT2D eigenvalue weighted by atomic mass is 10.3. The SMILES string of the molecule is COCN(C)c1ccc(F)cc1F. The van der Waals surface area contributed by atoms with Gasteiger partial charge >= 0.3 is 0 Å². The molecule has 0 aromatic heterocycles. The molecule has 0 fully saturated rings. The zero-order valence-corrected chi connectivity index (χ0v) is 7.55. The summed E-state index contributed by atoms with van der Waals surface area (Å²) in [6.45, 7) is 0.266. The third-order valence-corrected chi connectivity index (χ3v) is 1.64. The molecule has 0 saturated carbocycles. The topological polar surface area (TPSA) is 12.5 Å². The minimum Gasteiger partial charge on any atom is -0.364 e. The van der Waals surface area contributed by atoms with E-state index in [1.807, 2.05) is 0 Å². The van der Waals surface area contributed by atoms with Crippen LogP contribution in [0.15, 0.2) is 18.2 Å². The molecule has 0 radical (unpaired) electrons. The summed E-state index contributed by atoms with van der Waals surface area (Å²) in [5.74, 6) is -1.16. The number of nitrogens with zero attached hydrogens (tertiary/aromatic N) is 1. The van der Waals surface area contributed by atoms with Gasteiger partial charge < -0.3 is 9.64 Å². The first-order valence-electron chi connectivity index (χ1n) is 3.80. The molecule has 4 heteroatoms. The van der Waals surface area contributed by atoms with Crippen LogP contribution >= 0.6 is 0 Å². The van der Waals surface area contributed by atoms with Crippen LogP contribution in [0, 0.1) is 11.6 Å². The van der Waals surface area contributed by atoms with Gasteiger partial charge in [0.2, 0.25) is 0 Å². The lowest BCUT2D eigenvalue weighted by Gasteiger charge is -2.18. The Bertz CT molecular complexity index is 291. The van der Waals surface area contributed by atoms with E-state index < -0.39 is 11.6 Å². The van der Waals surface area contributed by atoms with Crippen molar-refractivity contribution in [2.75, 3.05) is 25.8 Å². The summed E-state index contributed by atoms with van der Waals surface area (Å²) in [6, 6.07) is 3.44. The molecule has 0 aliphatic rings. The monoisotopic (exact) mass is 187 g/mol. The number of methoxy groups -OCH3 is 1. The summed E-state index contributed by atoms with van der Waals surface area (Å²) in [5.41, 5.74) is 0.322. The van der Waals surface area contributed by atoms with Crippen LogP contribution in [0.25, 0.3) is 0 Å². The van der Waals surface area contributed by atoms with E-state index in [0.29, 0.717) is 5.69 Å². The highest BCUT2D eigenvalue weighted by molar-refractivity contribution is 5.46. The number of rotatable bonds is 3. The van der Waals surface area contributed by atoms with Crippen molar-refractivity contribution < 1.29 is 13.5 Å². The van der Waals surface area contributed by atoms with Crippen LogP contribution in [0.4, 0.5) is 14.5 Å². The Morgan fingerprint density at radius 1 is 1.38 bits per heavy atom. The van der Waals surface area contributed by atoms with Crippen molar-refractivity contribution in [2.45, 2.75) is 0 Å². The Morgan fingerprint density at radius 2 is 2.08 bits per heavy atom. The van der Waals surface area contributed by atoms with Crippen molar-refractivity contribution in [2.24, 2.45) is 0 Å². The van der Waals surface area contributed by atoms with Gasteiger partial charge in [-0.3, -0.25) is 0 Å². The molecule has 0 bridgehead atoms. The first kappa shape index (κ1) is 9.92. The van der Waals surface area contributed by atoms with Crippen LogP contribution in [-0.2, 0) is 4.74 Å². The summed E-state index contributed by atoms with van der Waals surface area (Å²) in [6.07, 6.45) is 0. The number of benzene rings is 1. The molecular formula is C9H11F2NO. The fourth-order valence-corrected chi connectivity index (χ4v) is 1.05. The second-order valence-corrected chi connectivity index (χ2v) is 2.71. The van der Waals surface area contributed by atoms with E-state index in [1.54, 1.807) is 11.9 Å². The molecule has 2 nitrogen and oxygen atoms in total. The number of anilines is 1. The highest BCUT2D eigenvalue weighted by atomic mass is 19.1. The fraction of sp³-hybridized carbons (Fsp3) is 0.333. The Kier molecular flexibility index (Phi) is 3.19. The van der Waals surface area contributed by atoms with Gasteiger partial charge in [-0.05, 0) is 12.1 Å². The van der Waals surface area contributed by atoms with Crippen LogP contribution in [0.1, 0.15) is 0 Å².